The van der Waals surface area contributed by atoms with Gasteiger partial charge in [-0.15, -0.1) is 0 Å². The van der Waals surface area contributed by atoms with Crippen LogP contribution in [-0.2, 0) is 0 Å². The van der Waals surface area contributed by atoms with Crippen molar-refractivity contribution >= 4 is 28.9 Å². The van der Waals surface area contributed by atoms with Gasteiger partial charge in [-0.2, -0.15) is 5.10 Å². The maximum atomic E-state index is 6.50. The standard InChI is InChI=1S/C23H18Cl2N2O/c1-14-7-9-16(10-8-14)23-27-21(13-20(26-27)15-5-3-2-4-6-15)18-11-17(24)12-19(25)22(18)28-23/h2-12,21,23H,13H2,1H3/t21-,23+/m0/s1. The smallest absolute Gasteiger partial charge is 0.213 e. The minimum atomic E-state index is -0.335. The van der Waals surface area contributed by atoms with Crippen LogP contribution in [0.3, 0.4) is 0 Å². The average Bonchev–Trinajstić information content (AvgIpc) is 3.15. The van der Waals surface area contributed by atoms with E-state index in [9.17, 15) is 0 Å². The van der Waals surface area contributed by atoms with Gasteiger partial charge >= 0.3 is 0 Å². The van der Waals surface area contributed by atoms with E-state index in [0.717, 1.165) is 28.8 Å². The first-order valence-corrected chi connectivity index (χ1v) is 9.99. The van der Waals surface area contributed by atoms with Crippen LogP contribution >= 0.6 is 23.2 Å². The Morgan fingerprint density at radius 3 is 2.50 bits per heavy atom. The molecule has 28 heavy (non-hydrogen) atoms. The van der Waals surface area contributed by atoms with Gasteiger partial charge < -0.3 is 4.74 Å². The van der Waals surface area contributed by atoms with Gasteiger partial charge in [0.2, 0.25) is 6.23 Å². The molecule has 0 aromatic heterocycles. The lowest BCUT2D eigenvalue weighted by Crippen LogP contribution is -2.33. The molecule has 0 bridgehead atoms. The fraction of sp³-hybridized carbons (Fsp3) is 0.174. The first-order chi connectivity index (χ1) is 13.6. The van der Waals surface area contributed by atoms with Gasteiger partial charge in [-0.05, 0) is 24.6 Å². The molecule has 0 fully saturated rings. The van der Waals surface area contributed by atoms with Crippen molar-refractivity contribution in [3.63, 3.8) is 0 Å². The highest BCUT2D eigenvalue weighted by Crippen LogP contribution is 2.50. The Morgan fingerprint density at radius 2 is 1.75 bits per heavy atom. The second-order valence-electron chi connectivity index (χ2n) is 7.20. The summed E-state index contributed by atoms with van der Waals surface area (Å²) in [6, 6.07) is 22.3. The third-order valence-corrected chi connectivity index (χ3v) is 5.78. The second kappa shape index (κ2) is 6.84. The monoisotopic (exact) mass is 408 g/mol. The normalized spacial score (nSPS) is 20.2. The second-order valence-corrected chi connectivity index (χ2v) is 8.04. The zero-order valence-electron chi connectivity index (χ0n) is 15.3. The Labute approximate surface area is 174 Å². The molecule has 2 aliphatic rings. The first kappa shape index (κ1) is 17.6. The Bertz CT molecular complexity index is 1060. The van der Waals surface area contributed by atoms with Crippen LogP contribution in [0.5, 0.6) is 5.75 Å². The van der Waals surface area contributed by atoms with Gasteiger partial charge in [0.05, 0.1) is 16.8 Å². The molecule has 3 aromatic carbocycles. The average molecular weight is 409 g/mol. The lowest BCUT2D eigenvalue weighted by atomic mass is 9.96. The number of hydrogen-bond acceptors (Lipinski definition) is 3. The molecule has 0 amide bonds. The van der Waals surface area contributed by atoms with Crippen LogP contribution in [0.1, 0.15) is 40.9 Å². The van der Waals surface area contributed by atoms with Gasteiger partial charge in [0.25, 0.3) is 0 Å². The summed E-state index contributed by atoms with van der Waals surface area (Å²) in [6.45, 7) is 2.07. The predicted molar refractivity (Wildman–Crippen MR) is 113 cm³/mol. The van der Waals surface area contributed by atoms with E-state index < -0.39 is 0 Å². The van der Waals surface area contributed by atoms with Crippen molar-refractivity contribution in [2.75, 3.05) is 0 Å². The van der Waals surface area contributed by atoms with Crippen LogP contribution in [0.15, 0.2) is 71.8 Å². The van der Waals surface area contributed by atoms with E-state index in [0.29, 0.717) is 15.8 Å². The minimum absolute atomic E-state index is 0.0291. The van der Waals surface area contributed by atoms with Gasteiger partial charge in [-0.25, -0.2) is 5.01 Å². The van der Waals surface area contributed by atoms with E-state index in [4.69, 9.17) is 33.0 Å². The van der Waals surface area contributed by atoms with Crippen LogP contribution in [0.4, 0.5) is 0 Å². The minimum Gasteiger partial charge on any atom is -0.463 e. The molecule has 0 aliphatic carbocycles. The fourth-order valence-electron chi connectivity index (χ4n) is 3.87. The van der Waals surface area contributed by atoms with E-state index in [-0.39, 0.29) is 12.3 Å². The van der Waals surface area contributed by atoms with E-state index in [1.807, 2.05) is 29.3 Å². The third kappa shape index (κ3) is 2.95. The molecule has 0 saturated carbocycles. The first-order valence-electron chi connectivity index (χ1n) is 9.23. The lowest BCUT2D eigenvalue weighted by Gasteiger charge is -2.38. The number of aryl methyl sites for hydroxylation is 1. The molecule has 0 saturated heterocycles. The van der Waals surface area contributed by atoms with E-state index in [1.54, 1.807) is 6.07 Å². The van der Waals surface area contributed by atoms with Gasteiger partial charge in [-0.3, -0.25) is 0 Å². The summed E-state index contributed by atoms with van der Waals surface area (Å²) in [4.78, 5) is 0. The number of rotatable bonds is 2. The molecule has 5 rings (SSSR count). The maximum absolute atomic E-state index is 6.50. The van der Waals surface area contributed by atoms with E-state index in [1.165, 1.54) is 5.56 Å². The van der Waals surface area contributed by atoms with Crippen LogP contribution in [0.2, 0.25) is 10.0 Å². The highest BCUT2D eigenvalue weighted by molar-refractivity contribution is 6.35. The number of hydrazone groups is 1. The van der Waals surface area contributed by atoms with Gasteiger partial charge in [0.15, 0.2) is 0 Å². The molecule has 0 N–H and O–H groups in total. The molecule has 2 atom stereocenters. The van der Waals surface area contributed by atoms with Crippen LogP contribution in [0, 0.1) is 6.92 Å². The zero-order valence-corrected chi connectivity index (χ0v) is 16.8. The number of benzene rings is 3. The molecule has 3 aromatic rings. The Balaban J connectivity index is 1.63. The summed E-state index contributed by atoms with van der Waals surface area (Å²) in [6.07, 6.45) is 0.442. The Morgan fingerprint density at radius 1 is 1.00 bits per heavy atom. The molecule has 0 spiro atoms. The largest absolute Gasteiger partial charge is 0.463 e. The summed E-state index contributed by atoms with van der Waals surface area (Å²) in [5.41, 5.74) is 5.39. The van der Waals surface area contributed by atoms with Crippen molar-refractivity contribution in [1.82, 2.24) is 5.01 Å². The number of nitrogens with zero attached hydrogens (tertiary/aromatic N) is 2. The van der Waals surface area contributed by atoms with Crippen LogP contribution in [-0.4, -0.2) is 10.7 Å². The Hall–Kier alpha value is -2.49. The topological polar surface area (TPSA) is 24.8 Å². The third-order valence-electron chi connectivity index (χ3n) is 5.28. The number of ether oxygens (including phenoxy) is 1. The fourth-order valence-corrected chi connectivity index (χ4v) is 4.42. The molecule has 0 radical (unpaired) electrons. The van der Waals surface area contributed by atoms with E-state index >= 15 is 0 Å². The molecule has 5 heteroatoms. The zero-order chi connectivity index (χ0) is 19.3. The van der Waals surface area contributed by atoms with Gasteiger partial charge in [0.1, 0.15) is 5.75 Å². The SMILES string of the molecule is Cc1ccc([C@H]2Oc3c(Cl)cc(Cl)cc3[C@@H]3CC(c4ccccc4)=NN23)cc1. The molecule has 2 aliphatic heterocycles. The number of fused-ring (bicyclic) bond motifs is 3. The summed E-state index contributed by atoms with van der Waals surface area (Å²) in [7, 11) is 0. The molecule has 0 unspecified atom stereocenters. The van der Waals surface area contributed by atoms with Crippen molar-refractivity contribution < 1.29 is 4.74 Å². The summed E-state index contributed by atoms with van der Waals surface area (Å²) in [5.74, 6) is 0.697. The summed E-state index contributed by atoms with van der Waals surface area (Å²) >= 11 is 12.8. The lowest BCUT2D eigenvalue weighted by molar-refractivity contribution is -0.0189. The predicted octanol–water partition coefficient (Wildman–Crippen LogP) is 6.54. The summed E-state index contributed by atoms with van der Waals surface area (Å²) < 4.78 is 6.37. The Kier molecular flexibility index (Phi) is 4.30. The van der Waals surface area contributed by atoms with Gasteiger partial charge in [-0.1, -0.05) is 83.4 Å². The van der Waals surface area contributed by atoms with Gasteiger partial charge in [0, 0.05) is 22.6 Å². The van der Waals surface area contributed by atoms with Crippen molar-refractivity contribution in [3.8, 4) is 5.75 Å². The maximum Gasteiger partial charge on any atom is 0.213 e. The molecular formula is C23H18Cl2N2O. The number of halogens is 2. The van der Waals surface area contributed by atoms with Crippen molar-refractivity contribution in [2.45, 2.75) is 25.6 Å². The van der Waals surface area contributed by atoms with Crippen LogP contribution < -0.4 is 4.74 Å². The van der Waals surface area contributed by atoms with E-state index in [2.05, 4.69) is 43.3 Å². The van der Waals surface area contributed by atoms with Crippen molar-refractivity contribution in [1.29, 1.82) is 0 Å². The molecular weight excluding hydrogens is 391 g/mol. The molecule has 140 valence electrons. The summed E-state index contributed by atoms with van der Waals surface area (Å²) in [5, 5.41) is 8.14. The number of hydrogen-bond donors (Lipinski definition) is 0. The molecule has 2 heterocycles. The van der Waals surface area contributed by atoms with Crippen LogP contribution in [0.25, 0.3) is 0 Å². The van der Waals surface area contributed by atoms with Crippen molar-refractivity contribution in [2.24, 2.45) is 5.10 Å². The highest BCUT2D eigenvalue weighted by atomic mass is 35.5. The molecule has 3 nitrogen and oxygen atoms in total. The van der Waals surface area contributed by atoms with Crippen molar-refractivity contribution in [3.05, 3.63) is 99.0 Å². The quantitative estimate of drug-likeness (QED) is 0.480. The highest BCUT2D eigenvalue weighted by Gasteiger charge is 2.42.